The highest BCUT2D eigenvalue weighted by Crippen LogP contribution is 2.34. The van der Waals surface area contributed by atoms with Crippen molar-refractivity contribution in [2.75, 3.05) is 0 Å². The Hall–Kier alpha value is -1.76. The van der Waals surface area contributed by atoms with Crippen molar-refractivity contribution in [3.8, 4) is 0 Å². The third-order valence-corrected chi connectivity index (χ3v) is 2.85. The average Bonchev–Trinajstić information content (AvgIpc) is 2.69. The first-order valence-electron chi connectivity index (χ1n) is 5.13. The van der Waals surface area contributed by atoms with Gasteiger partial charge in [0, 0.05) is 13.1 Å². The van der Waals surface area contributed by atoms with Crippen LogP contribution in [0.5, 0.6) is 0 Å². The van der Waals surface area contributed by atoms with E-state index in [0.29, 0.717) is 11.1 Å². The Morgan fingerprint density at radius 2 is 1.89 bits per heavy atom. The summed E-state index contributed by atoms with van der Waals surface area (Å²) in [5.74, 6) is 0. The molecule has 0 bridgehead atoms. The SMILES string of the molecule is O=C(O)N1Cc2ccc(C(O)C(F)(F)F)cc2C1. The lowest BCUT2D eigenvalue weighted by atomic mass is 10.0. The highest BCUT2D eigenvalue weighted by Gasteiger charge is 2.39. The zero-order valence-corrected chi connectivity index (χ0v) is 9.11. The van der Waals surface area contributed by atoms with Gasteiger partial charge in [0.2, 0.25) is 0 Å². The van der Waals surface area contributed by atoms with E-state index in [-0.39, 0.29) is 18.7 Å². The number of fused-ring (bicyclic) bond motifs is 1. The molecule has 4 nitrogen and oxygen atoms in total. The number of benzene rings is 1. The number of aliphatic hydroxyl groups is 1. The maximum atomic E-state index is 12.3. The molecule has 0 saturated heterocycles. The summed E-state index contributed by atoms with van der Waals surface area (Å²) in [6, 6.07) is 3.79. The molecule has 1 amide bonds. The molecule has 2 N–H and O–H groups in total. The van der Waals surface area contributed by atoms with Gasteiger partial charge < -0.3 is 10.2 Å². The van der Waals surface area contributed by atoms with Crippen molar-refractivity contribution < 1.29 is 28.2 Å². The third-order valence-electron chi connectivity index (χ3n) is 2.85. The monoisotopic (exact) mass is 261 g/mol. The molecule has 1 heterocycles. The van der Waals surface area contributed by atoms with Crippen LogP contribution >= 0.6 is 0 Å². The molecule has 18 heavy (non-hydrogen) atoms. The Kier molecular flexibility index (Phi) is 2.94. The zero-order valence-electron chi connectivity index (χ0n) is 9.11. The van der Waals surface area contributed by atoms with Crippen LogP contribution in [0.4, 0.5) is 18.0 Å². The van der Waals surface area contributed by atoms with Crippen molar-refractivity contribution in [1.29, 1.82) is 0 Å². The highest BCUT2D eigenvalue weighted by atomic mass is 19.4. The molecule has 0 radical (unpaired) electrons. The number of hydrogen-bond donors (Lipinski definition) is 2. The number of rotatable bonds is 1. The fourth-order valence-electron chi connectivity index (χ4n) is 1.91. The number of halogens is 3. The van der Waals surface area contributed by atoms with Crippen LogP contribution in [0.3, 0.4) is 0 Å². The van der Waals surface area contributed by atoms with E-state index in [2.05, 4.69) is 0 Å². The average molecular weight is 261 g/mol. The number of aliphatic hydroxyl groups excluding tert-OH is 1. The quantitative estimate of drug-likeness (QED) is 0.815. The van der Waals surface area contributed by atoms with Gasteiger partial charge in [-0.05, 0) is 16.7 Å². The molecule has 0 aliphatic carbocycles. The van der Waals surface area contributed by atoms with E-state index < -0.39 is 18.4 Å². The standard InChI is InChI=1S/C11H10F3NO3/c12-11(13,14)9(16)6-1-2-7-4-15(10(17)18)5-8(7)3-6/h1-3,9,16H,4-5H2,(H,17,18). The van der Waals surface area contributed by atoms with E-state index in [9.17, 15) is 18.0 Å². The van der Waals surface area contributed by atoms with Crippen molar-refractivity contribution in [3.63, 3.8) is 0 Å². The predicted molar refractivity (Wildman–Crippen MR) is 54.7 cm³/mol. The lowest BCUT2D eigenvalue weighted by Crippen LogP contribution is -2.22. The molecule has 0 saturated carbocycles. The second-order valence-corrected chi connectivity index (χ2v) is 4.11. The summed E-state index contributed by atoms with van der Waals surface area (Å²) in [4.78, 5) is 11.8. The number of hydrogen-bond acceptors (Lipinski definition) is 2. The Bertz CT molecular complexity index is 487. The van der Waals surface area contributed by atoms with Crippen LogP contribution in [0.15, 0.2) is 18.2 Å². The first kappa shape index (κ1) is 12.7. The first-order valence-corrected chi connectivity index (χ1v) is 5.13. The van der Waals surface area contributed by atoms with Crippen LogP contribution in [0.25, 0.3) is 0 Å². The molecule has 2 rings (SSSR count). The fourth-order valence-corrected chi connectivity index (χ4v) is 1.91. The van der Waals surface area contributed by atoms with Crippen molar-refractivity contribution in [1.82, 2.24) is 4.90 Å². The van der Waals surface area contributed by atoms with Gasteiger partial charge in [-0.15, -0.1) is 0 Å². The predicted octanol–water partition coefficient (Wildman–Crippen LogP) is 2.28. The Labute approximate surface area is 100 Å². The topological polar surface area (TPSA) is 60.8 Å². The van der Waals surface area contributed by atoms with Gasteiger partial charge in [0.1, 0.15) is 0 Å². The molecule has 1 aromatic rings. The van der Waals surface area contributed by atoms with Crippen LogP contribution in [0, 0.1) is 0 Å². The highest BCUT2D eigenvalue weighted by molar-refractivity contribution is 5.66. The van der Waals surface area contributed by atoms with Crippen LogP contribution in [0.1, 0.15) is 22.8 Å². The molecular formula is C11H10F3NO3. The van der Waals surface area contributed by atoms with Crippen molar-refractivity contribution in [2.24, 2.45) is 0 Å². The summed E-state index contributed by atoms with van der Waals surface area (Å²) >= 11 is 0. The molecule has 1 aliphatic rings. The molecule has 1 aromatic carbocycles. The van der Waals surface area contributed by atoms with Crippen LogP contribution in [-0.2, 0) is 13.1 Å². The van der Waals surface area contributed by atoms with Gasteiger partial charge in [-0.3, -0.25) is 4.90 Å². The molecular weight excluding hydrogens is 251 g/mol. The maximum Gasteiger partial charge on any atom is 0.418 e. The Balaban J connectivity index is 2.26. The lowest BCUT2D eigenvalue weighted by molar-refractivity contribution is -0.206. The summed E-state index contributed by atoms with van der Waals surface area (Å²) < 4.78 is 37.0. The molecule has 1 aliphatic heterocycles. The summed E-state index contributed by atoms with van der Waals surface area (Å²) in [5.41, 5.74) is 0.891. The van der Waals surface area contributed by atoms with Gasteiger partial charge in [0.15, 0.2) is 6.10 Å². The molecule has 0 fully saturated rings. The third kappa shape index (κ3) is 2.26. The number of carboxylic acid groups (broad SMARTS) is 1. The van der Waals surface area contributed by atoms with Gasteiger partial charge in [0.05, 0.1) is 0 Å². The van der Waals surface area contributed by atoms with E-state index in [0.717, 1.165) is 4.90 Å². The minimum Gasteiger partial charge on any atom is -0.465 e. The lowest BCUT2D eigenvalue weighted by Gasteiger charge is -2.15. The second kappa shape index (κ2) is 4.16. The van der Waals surface area contributed by atoms with Crippen molar-refractivity contribution >= 4 is 6.09 Å². The molecule has 0 aromatic heterocycles. The zero-order chi connectivity index (χ0) is 13.5. The van der Waals surface area contributed by atoms with Crippen LogP contribution < -0.4 is 0 Å². The normalized spacial score (nSPS) is 16.6. The van der Waals surface area contributed by atoms with E-state index in [1.807, 2.05) is 0 Å². The van der Waals surface area contributed by atoms with Crippen LogP contribution in [0.2, 0.25) is 0 Å². The van der Waals surface area contributed by atoms with Gasteiger partial charge in [0.25, 0.3) is 0 Å². The Morgan fingerprint density at radius 1 is 1.28 bits per heavy atom. The largest absolute Gasteiger partial charge is 0.465 e. The number of carbonyl (C=O) groups is 1. The van der Waals surface area contributed by atoms with E-state index in [4.69, 9.17) is 10.2 Å². The first-order chi connectivity index (χ1) is 8.29. The number of alkyl halides is 3. The minimum atomic E-state index is -4.72. The summed E-state index contributed by atoms with van der Waals surface area (Å²) in [6.45, 7) is 0.205. The minimum absolute atomic E-state index is 0.0447. The van der Waals surface area contributed by atoms with Gasteiger partial charge in [-0.25, -0.2) is 4.79 Å². The van der Waals surface area contributed by atoms with Crippen molar-refractivity contribution in [3.05, 3.63) is 34.9 Å². The maximum absolute atomic E-state index is 12.3. The summed E-state index contributed by atoms with van der Waals surface area (Å²) in [5, 5.41) is 17.9. The fraction of sp³-hybridized carbons (Fsp3) is 0.364. The van der Waals surface area contributed by atoms with E-state index in [1.54, 1.807) is 0 Å². The van der Waals surface area contributed by atoms with Crippen LogP contribution in [-0.4, -0.2) is 27.4 Å². The summed E-state index contributed by atoms with van der Waals surface area (Å²) in [6.07, 6.45) is -8.38. The Morgan fingerprint density at radius 3 is 2.44 bits per heavy atom. The van der Waals surface area contributed by atoms with E-state index in [1.165, 1.54) is 18.2 Å². The number of nitrogens with zero attached hydrogens (tertiary/aromatic N) is 1. The molecule has 0 spiro atoms. The van der Waals surface area contributed by atoms with Crippen molar-refractivity contribution in [2.45, 2.75) is 25.4 Å². The number of amides is 1. The molecule has 7 heteroatoms. The van der Waals surface area contributed by atoms with Gasteiger partial charge >= 0.3 is 12.3 Å². The molecule has 1 atom stereocenters. The molecule has 98 valence electrons. The smallest absolute Gasteiger partial charge is 0.418 e. The van der Waals surface area contributed by atoms with Gasteiger partial charge in [-0.2, -0.15) is 13.2 Å². The molecule has 1 unspecified atom stereocenters. The van der Waals surface area contributed by atoms with Gasteiger partial charge in [-0.1, -0.05) is 18.2 Å². The van der Waals surface area contributed by atoms with E-state index >= 15 is 0 Å². The summed E-state index contributed by atoms with van der Waals surface area (Å²) in [7, 11) is 0. The second-order valence-electron chi connectivity index (χ2n) is 4.11.